The number of amides is 1. The lowest BCUT2D eigenvalue weighted by Crippen LogP contribution is -2.41. The molecule has 128 valence electrons. The number of nitrogens with zero attached hydrogens (tertiary/aromatic N) is 3. The van der Waals surface area contributed by atoms with E-state index in [1.807, 2.05) is 32.9 Å². The van der Waals surface area contributed by atoms with Crippen LogP contribution in [0, 0.1) is 0 Å². The van der Waals surface area contributed by atoms with Gasteiger partial charge in [0.25, 0.3) is 0 Å². The molecule has 1 aliphatic rings. The molecule has 0 radical (unpaired) electrons. The number of ether oxygens (including phenoxy) is 1. The van der Waals surface area contributed by atoms with Crippen molar-refractivity contribution >= 4 is 6.09 Å². The van der Waals surface area contributed by atoms with Crippen LogP contribution < -0.4 is 0 Å². The predicted octanol–water partition coefficient (Wildman–Crippen LogP) is 3.85. The van der Waals surface area contributed by atoms with E-state index in [4.69, 9.17) is 9.15 Å². The third-order valence-electron chi connectivity index (χ3n) is 4.00. The number of carbonyl (C=O) groups is 1. The Kier molecular flexibility index (Phi) is 4.55. The van der Waals surface area contributed by atoms with E-state index in [0.29, 0.717) is 13.1 Å². The van der Waals surface area contributed by atoms with Crippen molar-refractivity contribution in [2.75, 3.05) is 13.1 Å². The van der Waals surface area contributed by atoms with Gasteiger partial charge in [-0.1, -0.05) is 0 Å². The van der Waals surface area contributed by atoms with Crippen molar-refractivity contribution in [1.82, 2.24) is 14.9 Å². The summed E-state index contributed by atoms with van der Waals surface area (Å²) >= 11 is 0. The SMILES string of the molecule is CC(C)(C)OC(=O)N1CCC(c2nccc(-c3ccoc3)n2)CC1. The molecule has 2 aromatic rings. The number of likely N-dealkylation sites (tertiary alicyclic amines) is 1. The van der Waals surface area contributed by atoms with E-state index in [9.17, 15) is 4.79 Å². The van der Waals surface area contributed by atoms with Crippen LogP contribution in [0.4, 0.5) is 4.79 Å². The molecular formula is C18H23N3O3. The normalized spacial score (nSPS) is 16.2. The number of hydrogen-bond acceptors (Lipinski definition) is 5. The van der Waals surface area contributed by atoms with Gasteiger partial charge in [-0.25, -0.2) is 14.8 Å². The molecular weight excluding hydrogens is 306 g/mol. The molecule has 0 atom stereocenters. The fourth-order valence-corrected chi connectivity index (χ4v) is 2.79. The van der Waals surface area contributed by atoms with E-state index >= 15 is 0 Å². The summed E-state index contributed by atoms with van der Waals surface area (Å²) in [6.07, 6.45) is 6.54. The molecule has 6 nitrogen and oxygen atoms in total. The molecule has 24 heavy (non-hydrogen) atoms. The average Bonchev–Trinajstić information content (AvgIpc) is 3.08. The van der Waals surface area contributed by atoms with E-state index in [-0.39, 0.29) is 12.0 Å². The van der Waals surface area contributed by atoms with Gasteiger partial charge in [-0.2, -0.15) is 0 Å². The van der Waals surface area contributed by atoms with Crippen molar-refractivity contribution in [2.45, 2.75) is 45.1 Å². The van der Waals surface area contributed by atoms with Crippen molar-refractivity contribution < 1.29 is 13.9 Å². The Bertz CT molecular complexity index is 684. The Morgan fingerprint density at radius 2 is 2.04 bits per heavy atom. The molecule has 2 aromatic heterocycles. The monoisotopic (exact) mass is 329 g/mol. The zero-order valence-electron chi connectivity index (χ0n) is 14.4. The molecule has 1 fully saturated rings. The second-order valence-corrected chi connectivity index (χ2v) is 7.05. The number of piperidine rings is 1. The van der Waals surface area contributed by atoms with Gasteiger partial charge in [0.15, 0.2) is 0 Å². The summed E-state index contributed by atoms with van der Waals surface area (Å²) < 4.78 is 10.5. The highest BCUT2D eigenvalue weighted by Crippen LogP contribution is 2.28. The summed E-state index contributed by atoms with van der Waals surface area (Å²) in [6, 6.07) is 3.77. The van der Waals surface area contributed by atoms with Gasteiger partial charge in [0.05, 0.1) is 18.2 Å². The van der Waals surface area contributed by atoms with Crippen LogP contribution in [0.5, 0.6) is 0 Å². The molecule has 0 unspecified atom stereocenters. The van der Waals surface area contributed by atoms with Gasteiger partial charge in [-0.15, -0.1) is 0 Å². The van der Waals surface area contributed by atoms with Crippen molar-refractivity contribution in [2.24, 2.45) is 0 Å². The fourth-order valence-electron chi connectivity index (χ4n) is 2.79. The minimum atomic E-state index is -0.462. The third-order valence-corrected chi connectivity index (χ3v) is 4.00. The largest absolute Gasteiger partial charge is 0.472 e. The maximum atomic E-state index is 12.1. The lowest BCUT2D eigenvalue weighted by atomic mass is 9.96. The number of carbonyl (C=O) groups excluding carboxylic acids is 1. The first kappa shape index (κ1) is 16.5. The number of hydrogen-bond donors (Lipinski definition) is 0. The van der Waals surface area contributed by atoms with E-state index in [0.717, 1.165) is 29.9 Å². The van der Waals surface area contributed by atoms with Crippen LogP contribution >= 0.6 is 0 Å². The number of furan rings is 1. The van der Waals surface area contributed by atoms with E-state index in [2.05, 4.69) is 9.97 Å². The Morgan fingerprint density at radius 3 is 2.67 bits per heavy atom. The van der Waals surface area contributed by atoms with Crippen LogP contribution in [0.25, 0.3) is 11.3 Å². The van der Waals surface area contributed by atoms with Crippen LogP contribution in [-0.2, 0) is 4.74 Å². The molecule has 3 heterocycles. The standard InChI is InChI=1S/C18H23N3O3/c1-18(2,3)24-17(22)21-9-5-13(6-10-21)16-19-8-4-15(20-16)14-7-11-23-12-14/h4,7-8,11-13H,5-6,9-10H2,1-3H3. The van der Waals surface area contributed by atoms with Gasteiger partial charge in [-0.3, -0.25) is 0 Å². The van der Waals surface area contributed by atoms with Crippen LogP contribution in [-0.4, -0.2) is 39.7 Å². The summed E-state index contributed by atoms with van der Waals surface area (Å²) in [4.78, 5) is 23.0. The first-order valence-electron chi connectivity index (χ1n) is 8.26. The molecule has 6 heteroatoms. The molecule has 0 aliphatic carbocycles. The number of rotatable bonds is 2. The number of aromatic nitrogens is 2. The van der Waals surface area contributed by atoms with Gasteiger partial charge in [0.2, 0.25) is 0 Å². The van der Waals surface area contributed by atoms with Crippen molar-refractivity contribution in [3.05, 3.63) is 36.7 Å². The zero-order valence-corrected chi connectivity index (χ0v) is 14.4. The van der Waals surface area contributed by atoms with Gasteiger partial charge in [-0.05, 0) is 45.7 Å². The molecule has 3 rings (SSSR count). The zero-order chi connectivity index (χ0) is 17.2. The second kappa shape index (κ2) is 6.63. The molecule has 0 saturated carbocycles. The van der Waals surface area contributed by atoms with E-state index in [1.165, 1.54) is 0 Å². The van der Waals surface area contributed by atoms with Crippen LogP contribution in [0.1, 0.15) is 45.4 Å². The molecule has 0 bridgehead atoms. The Hall–Kier alpha value is -2.37. The topological polar surface area (TPSA) is 68.5 Å². The van der Waals surface area contributed by atoms with Gasteiger partial charge < -0.3 is 14.1 Å². The van der Waals surface area contributed by atoms with Crippen LogP contribution in [0.2, 0.25) is 0 Å². The predicted molar refractivity (Wildman–Crippen MR) is 89.5 cm³/mol. The molecule has 1 aliphatic heterocycles. The molecule has 1 saturated heterocycles. The molecule has 0 aromatic carbocycles. The lowest BCUT2D eigenvalue weighted by Gasteiger charge is -2.32. The lowest BCUT2D eigenvalue weighted by molar-refractivity contribution is 0.0203. The minimum Gasteiger partial charge on any atom is -0.472 e. The summed E-state index contributed by atoms with van der Waals surface area (Å²) in [7, 11) is 0. The fraction of sp³-hybridized carbons (Fsp3) is 0.500. The molecule has 0 N–H and O–H groups in total. The van der Waals surface area contributed by atoms with Crippen LogP contribution in [0.15, 0.2) is 35.3 Å². The van der Waals surface area contributed by atoms with Gasteiger partial charge >= 0.3 is 6.09 Å². The highest BCUT2D eigenvalue weighted by molar-refractivity contribution is 5.68. The van der Waals surface area contributed by atoms with E-state index in [1.54, 1.807) is 23.6 Å². The highest BCUT2D eigenvalue weighted by Gasteiger charge is 2.28. The first-order chi connectivity index (χ1) is 11.4. The van der Waals surface area contributed by atoms with Crippen LogP contribution in [0.3, 0.4) is 0 Å². The minimum absolute atomic E-state index is 0.242. The quantitative estimate of drug-likeness (QED) is 0.837. The summed E-state index contributed by atoms with van der Waals surface area (Å²) in [5, 5.41) is 0. The Balaban J connectivity index is 1.63. The smallest absolute Gasteiger partial charge is 0.410 e. The van der Waals surface area contributed by atoms with Crippen molar-refractivity contribution in [3.63, 3.8) is 0 Å². The van der Waals surface area contributed by atoms with Crippen molar-refractivity contribution in [3.8, 4) is 11.3 Å². The Morgan fingerprint density at radius 1 is 1.29 bits per heavy atom. The van der Waals surface area contributed by atoms with Crippen molar-refractivity contribution in [1.29, 1.82) is 0 Å². The highest BCUT2D eigenvalue weighted by atomic mass is 16.6. The second-order valence-electron chi connectivity index (χ2n) is 7.05. The molecule has 0 spiro atoms. The average molecular weight is 329 g/mol. The third kappa shape index (κ3) is 3.93. The maximum absolute atomic E-state index is 12.1. The summed E-state index contributed by atoms with van der Waals surface area (Å²) in [5.41, 5.74) is 1.35. The van der Waals surface area contributed by atoms with Gasteiger partial charge in [0, 0.05) is 30.8 Å². The first-order valence-corrected chi connectivity index (χ1v) is 8.26. The van der Waals surface area contributed by atoms with E-state index < -0.39 is 5.60 Å². The maximum Gasteiger partial charge on any atom is 0.410 e. The summed E-state index contributed by atoms with van der Waals surface area (Å²) in [5.74, 6) is 1.09. The van der Waals surface area contributed by atoms with Gasteiger partial charge in [0.1, 0.15) is 11.4 Å². The molecule has 1 amide bonds. The Labute approximate surface area is 141 Å². The summed E-state index contributed by atoms with van der Waals surface area (Å²) in [6.45, 7) is 6.98.